The van der Waals surface area contributed by atoms with Crippen LogP contribution >= 0.6 is 0 Å². The van der Waals surface area contributed by atoms with Gasteiger partial charge in [-0.1, -0.05) is 80.1 Å². The highest BCUT2D eigenvalue weighted by Gasteiger charge is 2.38. The van der Waals surface area contributed by atoms with E-state index in [0.717, 1.165) is 49.5 Å². The molecule has 0 aromatic rings. The largest absolute Gasteiger partial charge is 0.388 e. The van der Waals surface area contributed by atoms with Crippen LogP contribution in [0.5, 0.6) is 0 Å². The number of hydrogen-bond donors (Lipinski definition) is 2. The average molecular weight is 585 g/mol. The Morgan fingerprint density at radius 2 is 1.00 bits per heavy atom. The molecule has 0 unspecified atom stereocenters. The second-order valence-corrected chi connectivity index (χ2v) is 15.2. The van der Waals surface area contributed by atoms with Gasteiger partial charge in [-0.2, -0.15) is 0 Å². The summed E-state index contributed by atoms with van der Waals surface area (Å²) in [5, 5.41) is 6.89. The van der Waals surface area contributed by atoms with Gasteiger partial charge < -0.3 is 10.6 Å². The molecule has 2 N–H and O–H groups in total. The van der Waals surface area contributed by atoms with Crippen molar-refractivity contribution in [3.8, 4) is 0 Å². The van der Waals surface area contributed by atoms with Gasteiger partial charge in [0.05, 0.1) is 11.1 Å². The highest BCUT2D eigenvalue weighted by atomic mass is 16.2. The summed E-state index contributed by atoms with van der Waals surface area (Å²) < 4.78 is 0. The van der Waals surface area contributed by atoms with E-state index < -0.39 is 0 Å². The highest BCUT2D eigenvalue weighted by molar-refractivity contribution is 6.23. The van der Waals surface area contributed by atoms with Crippen molar-refractivity contribution in [2.24, 2.45) is 16.7 Å². The summed E-state index contributed by atoms with van der Waals surface area (Å²) in [6.45, 7) is 17.3. The van der Waals surface area contributed by atoms with Gasteiger partial charge in [0.2, 0.25) is 0 Å². The third kappa shape index (κ3) is 12.2. The SMILES string of the molecule is CC(C)CCCCCCCCNC(CCCCC(NC(C)C)=C1C(=O)CC(C)(C)CC1=O)=C1C(=O)CC(C)(C)CC1=O. The molecule has 238 valence electrons. The molecule has 0 aromatic carbocycles. The molecule has 6 nitrogen and oxygen atoms in total. The first-order chi connectivity index (χ1) is 19.6. The summed E-state index contributed by atoms with van der Waals surface area (Å²) in [6, 6.07) is 0.110. The van der Waals surface area contributed by atoms with Crippen LogP contribution in [0, 0.1) is 16.7 Å². The quantitative estimate of drug-likeness (QED) is 0.102. The van der Waals surface area contributed by atoms with E-state index >= 15 is 0 Å². The molecular weight excluding hydrogens is 524 g/mol. The fraction of sp³-hybridized carbons (Fsp3) is 0.778. The fourth-order valence-corrected chi connectivity index (χ4v) is 6.35. The zero-order chi connectivity index (χ0) is 31.5. The van der Waals surface area contributed by atoms with Gasteiger partial charge in [-0.15, -0.1) is 0 Å². The lowest BCUT2D eigenvalue weighted by molar-refractivity contribution is -0.129. The second-order valence-electron chi connectivity index (χ2n) is 15.2. The monoisotopic (exact) mass is 584 g/mol. The van der Waals surface area contributed by atoms with E-state index in [1.165, 1.54) is 32.1 Å². The van der Waals surface area contributed by atoms with Crippen LogP contribution in [0.15, 0.2) is 22.5 Å². The number of allylic oxidation sites excluding steroid dienone is 4. The third-order valence-corrected chi connectivity index (χ3v) is 8.39. The Balaban J connectivity index is 2.04. The number of carbonyl (C=O) groups is 4. The topological polar surface area (TPSA) is 92.3 Å². The number of ketones is 4. The van der Waals surface area contributed by atoms with Gasteiger partial charge in [0.25, 0.3) is 0 Å². The van der Waals surface area contributed by atoms with Gasteiger partial charge in [0, 0.05) is 49.7 Å². The van der Waals surface area contributed by atoms with Crippen molar-refractivity contribution in [2.45, 2.75) is 158 Å². The normalized spacial score (nSPS) is 18.7. The van der Waals surface area contributed by atoms with Gasteiger partial charge in [-0.25, -0.2) is 0 Å². The molecule has 2 fully saturated rings. The van der Waals surface area contributed by atoms with Crippen molar-refractivity contribution in [1.82, 2.24) is 10.6 Å². The average Bonchev–Trinajstić information content (AvgIpc) is 2.81. The number of carbonyl (C=O) groups excluding carboxylic acids is 4. The minimum Gasteiger partial charge on any atom is -0.388 e. The standard InChI is InChI=1S/C36H60N2O4/c1-25(2)17-13-11-9-10-12-16-20-37-27(33-29(39)21-35(5,6)22-30(33)40)18-14-15-19-28(38-26(3)4)34-31(41)23-36(7,8)24-32(34)42/h25-26,37-38H,9-24H2,1-8H3. The molecule has 2 aliphatic rings. The van der Waals surface area contributed by atoms with Crippen LogP contribution in [0.3, 0.4) is 0 Å². The number of rotatable bonds is 17. The predicted octanol–water partition coefficient (Wildman–Crippen LogP) is 7.95. The van der Waals surface area contributed by atoms with Gasteiger partial charge in [0.1, 0.15) is 0 Å². The van der Waals surface area contributed by atoms with Crippen LogP contribution in [0.4, 0.5) is 0 Å². The van der Waals surface area contributed by atoms with Crippen LogP contribution in [-0.4, -0.2) is 35.7 Å². The Hall–Kier alpha value is -2.24. The van der Waals surface area contributed by atoms with Gasteiger partial charge in [0.15, 0.2) is 23.1 Å². The zero-order valence-electron chi connectivity index (χ0n) is 28.1. The van der Waals surface area contributed by atoms with E-state index in [2.05, 4.69) is 24.5 Å². The summed E-state index contributed by atoms with van der Waals surface area (Å²) in [5.74, 6) is 0.550. The Morgan fingerprint density at radius 1 is 0.595 bits per heavy atom. The minimum absolute atomic E-state index is 0.0470. The maximum atomic E-state index is 13.1. The van der Waals surface area contributed by atoms with E-state index in [1.807, 2.05) is 41.5 Å². The molecule has 0 heterocycles. The predicted molar refractivity (Wildman–Crippen MR) is 172 cm³/mol. The molecule has 0 atom stereocenters. The zero-order valence-corrected chi connectivity index (χ0v) is 28.1. The van der Waals surface area contributed by atoms with E-state index in [-0.39, 0.29) is 40.0 Å². The summed E-state index contributed by atoms with van der Waals surface area (Å²) in [5.41, 5.74) is 1.67. The molecule has 0 saturated heterocycles. The van der Waals surface area contributed by atoms with Crippen LogP contribution < -0.4 is 10.6 Å². The molecular formula is C36H60N2O4. The fourth-order valence-electron chi connectivity index (χ4n) is 6.35. The van der Waals surface area contributed by atoms with Gasteiger partial charge in [-0.05, 0) is 62.7 Å². The Bertz CT molecular complexity index is 985. The van der Waals surface area contributed by atoms with E-state index in [9.17, 15) is 19.2 Å². The maximum absolute atomic E-state index is 13.1. The lowest BCUT2D eigenvalue weighted by Crippen LogP contribution is -2.35. The lowest BCUT2D eigenvalue weighted by Gasteiger charge is -2.30. The minimum atomic E-state index is -0.297. The van der Waals surface area contributed by atoms with Crippen LogP contribution in [0.1, 0.15) is 152 Å². The van der Waals surface area contributed by atoms with Crippen LogP contribution in [0.2, 0.25) is 0 Å². The molecule has 0 spiro atoms. The van der Waals surface area contributed by atoms with Crippen molar-refractivity contribution in [3.05, 3.63) is 22.5 Å². The van der Waals surface area contributed by atoms with Gasteiger partial charge in [-0.3, -0.25) is 19.2 Å². The van der Waals surface area contributed by atoms with Crippen molar-refractivity contribution in [1.29, 1.82) is 0 Å². The molecule has 0 amide bonds. The van der Waals surface area contributed by atoms with Crippen molar-refractivity contribution in [3.63, 3.8) is 0 Å². The van der Waals surface area contributed by atoms with E-state index in [4.69, 9.17) is 0 Å². The first-order valence-electron chi connectivity index (χ1n) is 16.7. The van der Waals surface area contributed by atoms with Gasteiger partial charge >= 0.3 is 0 Å². The molecule has 2 aliphatic carbocycles. The molecule has 0 radical (unpaired) electrons. The van der Waals surface area contributed by atoms with Crippen molar-refractivity contribution in [2.75, 3.05) is 6.54 Å². The third-order valence-electron chi connectivity index (χ3n) is 8.39. The first-order valence-corrected chi connectivity index (χ1v) is 16.7. The van der Waals surface area contributed by atoms with Crippen LogP contribution in [0.25, 0.3) is 0 Å². The van der Waals surface area contributed by atoms with E-state index in [1.54, 1.807) is 0 Å². The Labute approximate surface area is 256 Å². The maximum Gasteiger partial charge on any atom is 0.168 e. The number of nitrogens with one attached hydrogen (secondary N) is 2. The molecule has 0 aromatic heterocycles. The smallest absolute Gasteiger partial charge is 0.168 e. The molecule has 42 heavy (non-hydrogen) atoms. The number of hydrogen-bond acceptors (Lipinski definition) is 6. The molecule has 0 aliphatic heterocycles. The number of Topliss-reactive ketones (excluding diaryl/α,β-unsaturated/α-hetero) is 4. The Morgan fingerprint density at radius 3 is 1.45 bits per heavy atom. The van der Waals surface area contributed by atoms with Crippen molar-refractivity contribution >= 4 is 23.1 Å². The lowest BCUT2D eigenvalue weighted by atomic mass is 9.73. The Kier molecular flexibility index (Phi) is 14.2. The summed E-state index contributed by atoms with van der Waals surface area (Å²) in [4.78, 5) is 52.2. The highest BCUT2D eigenvalue weighted by Crippen LogP contribution is 2.36. The summed E-state index contributed by atoms with van der Waals surface area (Å²) in [7, 11) is 0. The summed E-state index contributed by atoms with van der Waals surface area (Å²) in [6.07, 6.45) is 12.8. The molecule has 2 saturated carbocycles. The molecule has 0 bridgehead atoms. The second kappa shape index (κ2) is 16.6. The number of unbranched alkanes of at least 4 members (excludes halogenated alkanes) is 6. The molecule has 2 rings (SSSR count). The van der Waals surface area contributed by atoms with Crippen LogP contribution in [-0.2, 0) is 19.2 Å². The summed E-state index contributed by atoms with van der Waals surface area (Å²) >= 11 is 0. The molecule has 6 heteroatoms. The van der Waals surface area contributed by atoms with Crippen molar-refractivity contribution < 1.29 is 19.2 Å². The van der Waals surface area contributed by atoms with E-state index in [0.29, 0.717) is 49.7 Å². The first kappa shape index (κ1) is 36.0.